The van der Waals surface area contributed by atoms with E-state index in [1.165, 1.54) is 12.2 Å². The van der Waals surface area contributed by atoms with Crippen LogP contribution in [0.1, 0.15) is 31.7 Å². The molecule has 0 saturated carbocycles. The van der Waals surface area contributed by atoms with E-state index in [1.807, 2.05) is 23.9 Å². The predicted octanol–water partition coefficient (Wildman–Crippen LogP) is 3.66. The molecule has 142 valence electrons. The molecule has 2 N–H and O–H groups in total. The first kappa shape index (κ1) is 22.2. The topological polar surface area (TPSA) is 54.9 Å². The number of thioether (sulfide) groups is 1. The van der Waals surface area contributed by atoms with Gasteiger partial charge in [0.1, 0.15) is 0 Å². The molecule has 0 bridgehead atoms. The van der Waals surface area contributed by atoms with Crippen LogP contribution in [0.4, 0.5) is 0 Å². The van der Waals surface area contributed by atoms with Gasteiger partial charge in [0.15, 0.2) is 17.5 Å². The Morgan fingerprint density at radius 3 is 2.72 bits per heavy atom. The summed E-state index contributed by atoms with van der Waals surface area (Å²) in [5.74, 6) is 3.75. The highest BCUT2D eigenvalue weighted by molar-refractivity contribution is 14.0. The summed E-state index contributed by atoms with van der Waals surface area (Å²) in [6, 6.07) is 6.07. The Morgan fingerprint density at radius 2 is 1.96 bits per heavy atom. The van der Waals surface area contributed by atoms with Crippen molar-refractivity contribution >= 4 is 41.7 Å². The van der Waals surface area contributed by atoms with Gasteiger partial charge >= 0.3 is 0 Å². The quantitative estimate of drug-likeness (QED) is 0.258. The lowest BCUT2D eigenvalue weighted by molar-refractivity contribution is 0.297. The number of rotatable bonds is 8. The van der Waals surface area contributed by atoms with Gasteiger partial charge in [0.05, 0.1) is 19.8 Å². The molecule has 1 aliphatic heterocycles. The molecule has 0 aliphatic carbocycles. The fourth-order valence-corrected chi connectivity index (χ4v) is 2.89. The van der Waals surface area contributed by atoms with Crippen LogP contribution in [-0.4, -0.2) is 44.3 Å². The average Bonchev–Trinajstić information content (AvgIpc) is 2.84. The molecule has 1 heterocycles. The van der Waals surface area contributed by atoms with E-state index in [1.54, 1.807) is 0 Å². The molecule has 7 heteroatoms. The zero-order valence-electron chi connectivity index (χ0n) is 15.2. The maximum absolute atomic E-state index is 5.74. The Labute approximate surface area is 172 Å². The third kappa shape index (κ3) is 8.40. The molecule has 0 unspecified atom stereocenters. The second-order valence-electron chi connectivity index (χ2n) is 5.65. The van der Waals surface area contributed by atoms with E-state index in [9.17, 15) is 0 Å². The third-order valence-electron chi connectivity index (χ3n) is 3.64. The van der Waals surface area contributed by atoms with E-state index < -0.39 is 0 Å². The lowest BCUT2D eigenvalue weighted by Crippen LogP contribution is -2.37. The summed E-state index contributed by atoms with van der Waals surface area (Å²) in [5.41, 5.74) is 1.12. The van der Waals surface area contributed by atoms with E-state index >= 15 is 0 Å². The van der Waals surface area contributed by atoms with Crippen LogP contribution in [0.15, 0.2) is 23.2 Å². The second kappa shape index (κ2) is 13.4. The second-order valence-corrected chi connectivity index (χ2v) is 6.64. The van der Waals surface area contributed by atoms with Gasteiger partial charge in [0.2, 0.25) is 0 Å². The summed E-state index contributed by atoms with van der Waals surface area (Å²) in [6.45, 7) is 5.94. The Bertz CT molecular complexity index is 529. The third-order valence-corrected chi connectivity index (χ3v) is 4.34. The first-order valence-corrected chi connectivity index (χ1v) is 10.1. The molecular weight excluding hydrogens is 449 g/mol. The zero-order chi connectivity index (χ0) is 17.0. The van der Waals surface area contributed by atoms with Crippen LogP contribution in [0.2, 0.25) is 0 Å². The lowest BCUT2D eigenvalue weighted by Gasteiger charge is -2.12. The largest absolute Gasteiger partial charge is 0.490 e. The fraction of sp³-hybridized carbons (Fsp3) is 0.611. The normalized spacial score (nSPS) is 13.6. The van der Waals surface area contributed by atoms with Crippen molar-refractivity contribution in [2.75, 3.05) is 38.3 Å². The first-order valence-electron chi connectivity index (χ1n) is 8.73. The molecule has 1 aliphatic rings. The van der Waals surface area contributed by atoms with Crippen LogP contribution in [0, 0.1) is 0 Å². The first-order chi connectivity index (χ1) is 11.8. The van der Waals surface area contributed by atoms with Crippen LogP contribution in [0.3, 0.4) is 0 Å². The Morgan fingerprint density at radius 1 is 1.16 bits per heavy atom. The fourth-order valence-electron chi connectivity index (χ4n) is 2.40. The Hall–Kier alpha value is -0.830. The minimum absolute atomic E-state index is 0. The van der Waals surface area contributed by atoms with Gasteiger partial charge < -0.3 is 20.1 Å². The number of aliphatic imine (C=N–C) groups is 1. The molecule has 25 heavy (non-hydrogen) atoms. The van der Waals surface area contributed by atoms with Crippen molar-refractivity contribution in [2.45, 2.75) is 32.7 Å². The molecule has 1 aromatic carbocycles. The Kier molecular flexibility index (Phi) is 11.9. The van der Waals surface area contributed by atoms with Crippen molar-refractivity contribution in [1.82, 2.24) is 10.6 Å². The van der Waals surface area contributed by atoms with E-state index in [4.69, 9.17) is 9.47 Å². The number of ether oxygens (including phenoxy) is 2. The van der Waals surface area contributed by atoms with E-state index in [2.05, 4.69) is 34.9 Å². The van der Waals surface area contributed by atoms with Gasteiger partial charge in [-0.05, 0) is 49.5 Å². The van der Waals surface area contributed by atoms with Crippen molar-refractivity contribution in [3.63, 3.8) is 0 Å². The molecule has 0 spiro atoms. The summed E-state index contributed by atoms with van der Waals surface area (Å²) in [7, 11) is 0. The molecule has 0 atom stereocenters. The smallest absolute Gasteiger partial charge is 0.191 e. The minimum atomic E-state index is 0. The highest BCUT2D eigenvalue weighted by Crippen LogP contribution is 2.30. The molecule has 0 saturated heterocycles. The molecule has 5 nitrogen and oxygen atoms in total. The van der Waals surface area contributed by atoms with Gasteiger partial charge in [-0.1, -0.05) is 6.07 Å². The summed E-state index contributed by atoms with van der Waals surface area (Å²) in [5, 5.41) is 6.69. The maximum Gasteiger partial charge on any atom is 0.191 e. The predicted molar refractivity (Wildman–Crippen MR) is 118 cm³/mol. The molecule has 1 aromatic rings. The van der Waals surface area contributed by atoms with E-state index in [-0.39, 0.29) is 24.0 Å². The number of unbranched alkanes of at least 4 members (excludes halogenated alkanes) is 1. The molecular formula is C18H30IN3O2S. The number of guanidine groups is 1. The number of benzene rings is 1. The highest BCUT2D eigenvalue weighted by atomic mass is 127. The summed E-state index contributed by atoms with van der Waals surface area (Å²) in [6.07, 6.45) is 5.46. The molecule has 0 radical (unpaired) electrons. The number of nitrogens with zero attached hydrogens (tertiary/aromatic N) is 1. The van der Waals surface area contributed by atoms with Crippen LogP contribution in [0.25, 0.3) is 0 Å². The average molecular weight is 479 g/mol. The van der Waals surface area contributed by atoms with Crippen molar-refractivity contribution in [1.29, 1.82) is 0 Å². The number of fused-ring (bicyclic) bond motifs is 1. The Balaban J connectivity index is 0.00000312. The van der Waals surface area contributed by atoms with Crippen molar-refractivity contribution in [3.8, 4) is 11.5 Å². The number of halogens is 1. The van der Waals surface area contributed by atoms with Crippen LogP contribution >= 0.6 is 35.7 Å². The lowest BCUT2D eigenvalue weighted by atomic mass is 10.2. The van der Waals surface area contributed by atoms with Gasteiger partial charge in [0, 0.05) is 19.5 Å². The van der Waals surface area contributed by atoms with Crippen LogP contribution in [0.5, 0.6) is 11.5 Å². The maximum atomic E-state index is 5.74. The van der Waals surface area contributed by atoms with E-state index in [0.717, 1.165) is 55.6 Å². The van der Waals surface area contributed by atoms with Crippen molar-refractivity contribution in [3.05, 3.63) is 23.8 Å². The van der Waals surface area contributed by atoms with Gasteiger partial charge in [-0.25, -0.2) is 4.99 Å². The van der Waals surface area contributed by atoms with E-state index in [0.29, 0.717) is 13.2 Å². The zero-order valence-corrected chi connectivity index (χ0v) is 18.3. The number of nitrogens with one attached hydrogen (secondary N) is 2. The molecule has 0 fully saturated rings. The molecule has 0 amide bonds. The highest BCUT2D eigenvalue weighted by Gasteiger charge is 2.10. The van der Waals surface area contributed by atoms with Gasteiger partial charge in [-0.2, -0.15) is 11.8 Å². The SMILES string of the molecule is CCNC(=NCc1ccc2c(c1)OCCCO2)NCCCCSC.I. The standard InChI is InChI=1S/C18H29N3O2S.HI/c1-3-19-18(20-9-4-5-12-24-2)21-14-15-7-8-16-17(13-15)23-11-6-10-22-16;/h7-8,13H,3-6,9-12,14H2,1-2H3,(H2,19,20,21);1H. The summed E-state index contributed by atoms with van der Waals surface area (Å²) >= 11 is 1.90. The number of hydrogen-bond donors (Lipinski definition) is 2. The van der Waals surface area contributed by atoms with Crippen molar-refractivity contribution < 1.29 is 9.47 Å². The monoisotopic (exact) mass is 479 g/mol. The van der Waals surface area contributed by atoms with Crippen LogP contribution in [-0.2, 0) is 6.54 Å². The summed E-state index contributed by atoms with van der Waals surface area (Å²) < 4.78 is 11.4. The minimum Gasteiger partial charge on any atom is -0.490 e. The van der Waals surface area contributed by atoms with Gasteiger partial charge in [-0.15, -0.1) is 24.0 Å². The number of hydrogen-bond acceptors (Lipinski definition) is 4. The summed E-state index contributed by atoms with van der Waals surface area (Å²) in [4.78, 5) is 4.67. The van der Waals surface area contributed by atoms with Crippen LogP contribution < -0.4 is 20.1 Å². The molecule has 0 aromatic heterocycles. The van der Waals surface area contributed by atoms with Crippen molar-refractivity contribution in [2.24, 2.45) is 4.99 Å². The van der Waals surface area contributed by atoms with Gasteiger partial charge in [0.25, 0.3) is 0 Å². The van der Waals surface area contributed by atoms with Gasteiger partial charge in [-0.3, -0.25) is 0 Å². The molecule has 2 rings (SSSR count).